The first-order valence-corrected chi connectivity index (χ1v) is 6.82. The lowest BCUT2D eigenvalue weighted by atomic mass is 10.0. The molecule has 5 heteroatoms. The molecule has 3 N–H and O–H groups in total. The molecule has 0 amide bonds. The molecule has 96 valence electrons. The monoisotopic (exact) mass is 282 g/mol. The van der Waals surface area contributed by atoms with Crippen LogP contribution >= 0.6 is 22.9 Å². The molecule has 1 heterocycles. The molecule has 1 unspecified atom stereocenters. The maximum absolute atomic E-state index is 6.04. The summed E-state index contributed by atoms with van der Waals surface area (Å²) in [5, 5.41) is 2.73. The van der Waals surface area contributed by atoms with Crippen LogP contribution in [0.1, 0.15) is 16.5 Å². The summed E-state index contributed by atoms with van der Waals surface area (Å²) < 4.78 is 5.35. The van der Waals surface area contributed by atoms with Crippen molar-refractivity contribution in [2.75, 3.05) is 7.11 Å². The van der Waals surface area contributed by atoms with Crippen LogP contribution in [0.2, 0.25) is 5.02 Å². The van der Waals surface area contributed by atoms with E-state index in [4.69, 9.17) is 22.2 Å². The van der Waals surface area contributed by atoms with Crippen LogP contribution in [0.25, 0.3) is 0 Å². The van der Waals surface area contributed by atoms with Crippen molar-refractivity contribution in [3.8, 4) is 5.75 Å². The van der Waals surface area contributed by atoms with E-state index in [0.29, 0.717) is 5.02 Å². The number of nitrogens with two attached hydrogens (primary N) is 1. The van der Waals surface area contributed by atoms with Gasteiger partial charge in [0.05, 0.1) is 13.2 Å². The molecule has 0 fully saturated rings. The summed E-state index contributed by atoms with van der Waals surface area (Å²) >= 11 is 7.74. The van der Waals surface area contributed by atoms with Crippen molar-refractivity contribution in [2.24, 2.45) is 5.84 Å². The Morgan fingerprint density at radius 2 is 2.28 bits per heavy atom. The smallest absolute Gasteiger partial charge is 0.123 e. The SMILES string of the molecule is COc1ccc(Cl)cc1C(Cc1cccs1)NN. The molecule has 2 rings (SSSR count). The zero-order valence-electron chi connectivity index (χ0n) is 10.0. The predicted molar refractivity (Wildman–Crippen MR) is 76.1 cm³/mol. The van der Waals surface area contributed by atoms with Crippen LogP contribution in [0.3, 0.4) is 0 Å². The van der Waals surface area contributed by atoms with Gasteiger partial charge in [-0.25, -0.2) is 0 Å². The van der Waals surface area contributed by atoms with E-state index in [-0.39, 0.29) is 6.04 Å². The van der Waals surface area contributed by atoms with Gasteiger partial charge in [-0.05, 0) is 29.6 Å². The number of rotatable bonds is 5. The second kappa shape index (κ2) is 6.20. The maximum Gasteiger partial charge on any atom is 0.123 e. The second-order valence-corrected chi connectivity index (χ2v) is 5.36. The Bertz CT molecular complexity index is 502. The van der Waals surface area contributed by atoms with Gasteiger partial charge in [-0.2, -0.15) is 0 Å². The molecule has 0 aliphatic carbocycles. The van der Waals surface area contributed by atoms with E-state index in [0.717, 1.165) is 17.7 Å². The Morgan fingerprint density at radius 3 is 2.89 bits per heavy atom. The number of methoxy groups -OCH3 is 1. The number of hydrazine groups is 1. The average molecular weight is 283 g/mol. The third-order valence-corrected chi connectivity index (χ3v) is 3.89. The fourth-order valence-electron chi connectivity index (χ4n) is 1.87. The van der Waals surface area contributed by atoms with Gasteiger partial charge in [0.25, 0.3) is 0 Å². The molecule has 3 nitrogen and oxygen atoms in total. The normalized spacial score (nSPS) is 12.4. The first-order valence-electron chi connectivity index (χ1n) is 5.56. The van der Waals surface area contributed by atoms with Gasteiger partial charge >= 0.3 is 0 Å². The highest BCUT2D eigenvalue weighted by molar-refractivity contribution is 7.09. The third-order valence-electron chi connectivity index (χ3n) is 2.75. The third kappa shape index (κ3) is 3.03. The summed E-state index contributed by atoms with van der Waals surface area (Å²) in [6.45, 7) is 0. The van der Waals surface area contributed by atoms with Gasteiger partial charge in [-0.3, -0.25) is 11.3 Å². The molecule has 0 aliphatic heterocycles. The molecular formula is C13H15ClN2OS. The van der Waals surface area contributed by atoms with Crippen LogP contribution < -0.4 is 16.0 Å². The fraction of sp³-hybridized carbons (Fsp3) is 0.231. The van der Waals surface area contributed by atoms with Crippen LogP contribution in [0.5, 0.6) is 5.75 Å². The van der Waals surface area contributed by atoms with Gasteiger partial charge in [-0.15, -0.1) is 11.3 Å². The Labute approximate surface area is 116 Å². The van der Waals surface area contributed by atoms with Gasteiger partial charge in [0, 0.05) is 21.9 Å². The largest absolute Gasteiger partial charge is 0.496 e. The van der Waals surface area contributed by atoms with E-state index in [1.54, 1.807) is 18.4 Å². The average Bonchev–Trinajstić information content (AvgIpc) is 2.88. The molecule has 0 bridgehead atoms. The lowest BCUT2D eigenvalue weighted by molar-refractivity contribution is 0.399. The van der Waals surface area contributed by atoms with Crippen molar-refractivity contribution >= 4 is 22.9 Å². The van der Waals surface area contributed by atoms with Gasteiger partial charge < -0.3 is 4.74 Å². The van der Waals surface area contributed by atoms with Gasteiger partial charge in [0.1, 0.15) is 5.75 Å². The van der Waals surface area contributed by atoms with E-state index in [1.165, 1.54) is 4.88 Å². The zero-order valence-corrected chi connectivity index (χ0v) is 11.6. The number of nitrogens with one attached hydrogen (secondary N) is 1. The van der Waals surface area contributed by atoms with E-state index in [2.05, 4.69) is 16.9 Å². The lowest BCUT2D eigenvalue weighted by Crippen LogP contribution is -2.29. The van der Waals surface area contributed by atoms with Crippen molar-refractivity contribution in [1.82, 2.24) is 5.43 Å². The van der Waals surface area contributed by atoms with Crippen LogP contribution in [-0.4, -0.2) is 7.11 Å². The second-order valence-electron chi connectivity index (χ2n) is 3.89. The van der Waals surface area contributed by atoms with E-state index in [9.17, 15) is 0 Å². The summed E-state index contributed by atoms with van der Waals surface area (Å²) in [7, 11) is 1.64. The standard InChI is InChI=1S/C13H15ClN2OS/c1-17-13-5-4-9(14)7-11(13)12(16-15)8-10-3-2-6-18-10/h2-7,12,16H,8,15H2,1H3. The number of halogens is 1. The number of benzene rings is 1. The Hall–Kier alpha value is -1.07. The molecule has 1 atom stereocenters. The molecule has 0 radical (unpaired) electrons. The summed E-state index contributed by atoms with van der Waals surface area (Å²) in [4.78, 5) is 1.26. The van der Waals surface area contributed by atoms with Crippen LogP contribution in [0.4, 0.5) is 0 Å². The van der Waals surface area contributed by atoms with Gasteiger partial charge in [0.15, 0.2) is 0 Å². The zero-order chi connectivity index (χ0) is 13.0. The summed E-state index contributed by atoms with van der Waals surface area (Å²) in [6, 6.07) is 9.66. The number of hydrogen-bond donors (Lipinski definition) is 2. The molecule has 18 heavy (non-hydrogen) atoms. The summed E-state index contributed by atoms with van der Waals surface area (Å²) in [6.07, 6.45) is 0.810. The Kier molecular flexibility index (Phi) is 4.60. The number of hydrogen-bond acceptors (Lipinski definition) is 4. The molecular weight excluding hydrogens is 268 g/mol. The first kappa shape index (κ1) is 13.4. The van der Waals surface area contributed by atoms with Gasteiger partial charge in [-0.1, -0.05) is 17.7 Å². The van der Waals surface area contributed by atoms with Crippen LogP contribution in [0.15, 0.2) is 35.7 Å². The van der Waals surface area contributed by atoms with Crippen LogP contribution in [-0.2, 0) is 6.42 Å². The van der Waals surface area contributed by atoms with Crippen molar-refractivity contribution in [3.63, 3.8) is 0 Å². The highest BCUT2D eigenvalue weighted by Gasteiger charge is 2.16. The minimum absolute atomic E-state index is 0.0164. The number of ether oxygens (including phenoxy) is 1. The van der Waals surface area contributed by atoms with E-state index >= 15 is 0 Å². The van der Waals surface area contributed by atoms with Crippen molar-refractivity contribution < 1.29 is 4.74 Å². The van der Waals surface area contributed by atoms with Crippen molar-refractivity contribution in [3.05, 3.63) is 51.2 Å². The first-order chi connectivity index (χ1) is 8.74. The summed E-state index contributed by atoms with van der Waals surface area (Å²) in [5.74, 6) is 6.44. The van der Waals surface area contributed by atoms with Gasteiger partial charge in [0.2, 0.25) is 0 Å². The maximum atomic E-state index is 6.04. The minimum Gasteiger partial charge on any atom is -0.496 e. The fourth-order valence-corrected chi connectivity index (χ4v) is 2.80. The topological polar surface area (TPSA) is 47.3 Å². The number of thiophene rings is 1. The molecule has 1 aromatic heterocycles. The van der Waals surface area contributed by atoms with E-state index < -0.39 is 0 Å². The van der Waals surface area contributed by atoms with Crippen molar-refractivity contribution in [2.45, 2.75) is 12.5 Å². The highest BCUT2D eigenvalue weighted by Crippen LogP contribution is 2.30. The Morgan fingerprint density at radius 1 is 1.44 bits per heavy atom. The van der Waals surface area contributed by atoms with Crippen molar-refractivity contribution in [1.29, 1.82) is 0 Å². The molecule has 0 spiro atoms. The Balaban J connectivity index is 2.28. The van der Waals surface area contributed by atoms with Crippen LogP contribution in [0, 0.1) is 0 Å². The lowest BCUT2D eigenvalue weighted by Gasteiger charge is -2.18. The quantitative estimate of drug-likeness (QED) is 0.654. The molecule has 0 saturated carbocycles. The molecule has 0 aliphatic rings. The molecule has 1 aromatic carbocycles. The minimum atomic E-state index is -0.0164. The predicted octanol–water partition coefficient (Wildman–Crippen LogP) is 3.16. The molecule has 2 aromatic rings. The van der Waals surface area contributed by atoms with E-state index in [1.807, 2.05) is 24.3 Å². The molecule has 0 saturated heterocycles. The highest BCUT2D eigenvalue weighted by atomic mass is 35.5. The summed E-state index contributed by atoms with van der Waals surface area (Å²) in [5.41, 5.74) is 3.80.